The van der Waals surface area contributed by atoms with Gasteiger partial charge in [0.2, 0.25) is 0 Å². The lowest BCUT2D eigenvalue weighted by Crippen LogP contribution is -1.91. The van der Waals surface area contributed by atoms with Crippen molar-refractivity contribution >= 4 is 54.8 Å². The molecule has 6 heteroatoms. The molecule has 0 aliphatic rings. The fourth-order valence-electron chi connectivity index (χ4n) is 1.90. The number of benzene rings is 2. The van der Waals surface area contributed by atoms with Crippen LogP contribution in [0.1, 0.15) is 15.9 Å². The predicted molar refractivity (Wildman–Crippen MR) is 94.9 cm³/mol. The Labute approximate surface area is 148 Å². The number of hydrogen-bond donors (Lipinski definition) is 0. The standard InChI is InChI=1S/C15H9Br2ClN2S/c16-11-6-10(7-12(17)8-11)14-19-20-15(21-14)13(18)9-4-2-1-3-5-9/h1-8,13H. The Morgan fingerprint density at radius 1 is 0.952 bits per heavy atom. The highest BCUT2D eigenvalue weighted by Crippen LogP contribution is 2.35. The molecule has 0 saturated carbocycles. The molecule has 1 atom stereocenters. The summed E-state index contributed by atoms with van der Waals surface area (Å²) in [6.07, 6.45) is 0. The van der Waals surface area contributed by atoms with Crippen LogP contribution in [0.3, 0.4) is 0 Å². The van der Waals surface area contributed by atoms with E-state index in [1.165, 1.54) is 11.3 Å². The minimum absolute atomic E-state index is 0.270. The molecule has 1 heterocycles. The van der Waals surface area contributed by atoms with E-state index in [1.807, 2.05) is 48.5 Å². The molecule has 21 heavy (non-hydrogen) atoms. The van der Waals surface area contributed by atoms with Gasteiger partial charge in [-0.25, -0.2) is 0 Å². The zero-order valence-corrected chi connectivity index (χ0v) is 15.4. The highest BCUT2D eigenvalue weighted by atomic mass is 79.9. The molecular weight excluding hydrogens is 436 g/mol. The molecule has 0 radical (unpaired) electrons. The van der Waals surface area contributed by atoms with Gasteiger partial charge < -0.3 is 0 Å². The van der Waals surface area contributed by atoms with E-state index in [2.05, 4.69) is 42.1 Å². The smallest absolute Gasteiger partial charge is 0.141 e. The SMILES string of the molecule is ClC(c1ccccc1)c1nnc(-c2cc(Br)cc(Br)c2)s1. The van der Waals surface area contributed by atoms with Crippen LogP contribution in [0.4, 0.5) is 0 Å². The highest BCUT2D eigenvalue weighted by molar-refractivity contribution is 9.11. The minimum atomic E-state index is -0.270. The van der Waals surface area contributed by atoms with Gasteiger partial charge in [-0.2, -0.15) is 0 Å². The summed E-state index contributed by atoms with van der Waals surface area (Å²) in [4.78, 5) is 0. The second-order valence-corrected chi connectivity index (χ2v) is 7.65. The number of aromatic nitrogens is 2. The zero-order valence-electron chi connectivity index (χ0n) is 10.6. The lowest BCUT2D eigenvalue weighted by atomic mass is 10.1. The van der Waals surface area contributed by atoms with Crippen LogP contribution in [-0.2, 0) is 0 Å². The monoisotopic (exact) mass is 442 g/mol. The first-order valence-corrected chi connectivity index (χ1v) is 8.96. The number of rotatable bonds is 3. The van der Waals surface area contributed by atoms with Gasteiger partial charge in [-0.05, 0) is 23.8 Å². The Kier molecular flexibility index (Phi) is 4.74. The van der Waals surface area contributed by atoms with Crippen LogP contribution in [0.5, 0.6) is 0 Å². The van der Waals surface area contributed by atoms with E-state index in [-0.39, 0.29) is 5.38 Å². The molecular formula is C15H9Br2ClN2S. The largest absolute Gasteiger partial charge is 0.147 e. The molecule has 2 nitrogen and oxygen atoms in total. The molecule has 1 aromatic heterocycles. The van der Waals surface area contributed by atoms with Gasteiger partial charge in [-0.15, -0.1) is 21.8 Å². The van der Waals surface area contributed by atoms with Gasteiger partial charge in [0.1, 0.15) is 15.4 Å². The van der Waals surface area contributed by atoms with Gasteiger partial charge in [0.25, 0.3) is 0 Å². The molecule has 0 amide bonds. The average molecular weight is 445 g/mol. The highest BCUT2D eigenvalue weighted by Gasteiger charge is 2.17. The van der Waals surface area contributed by atoms with E-state index < -0.39 is 0 Å². The first kappa shape index (κ1) is 15.2. The van der Waals surface area contributed by atoms with E-state index in [4.69, 9.17) is 11.6 Å². The number of nitrogens with zero attached hydrogens (tertiary/aromatic N) is 2. The van der Waals surface area contributed by atoms with Crippen molar-refractivity contribution in [2.75, 3.05) is 0 Å². The van der Waals surface area contributed by atoms with E-state index in [0.717, 1.165) is 30.1 Å². The fourth-order valence-corrected chi connectivity index (χ4v) is 4.35. The first-order valence-electron chi connectivity index (χ1n) is 6.12. The maximum atomic E-state index is 6.48. The van der Waals surface area contributed by atoms with Crippen molar-refractivity contribution < 1.29 is 0 Å². The normalized spacial score (nSPS) is 12.3. The van der Waals surface area contributed by atoms with E-state index in [0.29, 0.717) is 0 Å². The van der Waals surface area contributed by atoms with Crippen molar-refractivity contribution in [3.8, 4) is 10.6 Å². The second-order valence-electron chi connectivity index (χ2n) is 4.38. The van der Waals surface area contributed by atoms with Crippen LogP contribution < -0.4 is 0 Å². The third-order valence-corrected chi connectivity index (χ3v) is 5.40. The van der Waals surface area contributed by atoms with Crippen molar-refractivity contribution in [2.24, 2.45) is 0 Å². The molecule has 0 N–H and O–H groups in total. The van der Waals surface area contributed by atoms with E-state index in [9.17, 15) is 0 Å². The summed E-state index contributed by atoms with van der Waals surface area (Å²) < 4.78 is 1.99. The molecule has 1 unspecified atom stereocenters. The van der Waals surface area contributed by atoms with Crippen LogP contribution in [0.15, 0.2) is 57.5 Å². The molecule has 3 aromatic rings. The Hall–Kier alpha value is -0.750. The van der Waals surface area contributed by atoms with Crippen LogP contribution in [0.2, 0.25) is 0 Å². The molecule has 106 valence electrons. The number of hydrogen-bond acceptors (Lipinski definition) is 3. The van der Waals surface area contributed by atoms with Gasteiger partial charge in [-0.3, -0.25) is 0 Å². The first-order chi connectivity index (χ1) is 10.1. The number of alkyl halides is 1. The summed E-state index contributed by atoms with van der Waals surface area (Å²) in [7, 11) is 0. The second kappa shape index (κ2) is 6.57. The van der Waals surface area contributed by atoms with Crippen LogP contribution in [0, 0.1) is 0 Å². The van der Waals surface area contributed by atoms with Gasteiger partial charge in [0.15, 0.2) is 0 Å². The van der Waals surface area contributed by atoms with Crippen LogP contribution in [-0.4, -0.2) is 10.2 Å². The van der Waals surface area contributed by atoms with Gasteiger partial charge >= 0.3 is 0 Å². The predicted octanol–water partition coefficient (Wildman–Crippen LogP) is 6.06. The van der Waals surface area contributed by atoms with Gasteiger partial charge in [0.05, 0.1) is 0 Å². The Balaban J connectivity index is 1.93. The van der Waals surface area contributed by atoms with E-state index >= 15 is 0 Å². The Morgan fingerprint density at radius 3 is 2.29 bits per heavy atom. The number of halogens is 3. The fraction of sp³-hybridized carbons (Fsp3) is 0.0667. The summed E-state index contributed by atoms with van der Waals surface area (Å²) in [5, 5.41) is 9.88. The third kappa shape index (κ3) is 3.54. The average Bonchev–Trinajstić information content (AvgIpc) is 2.96. The summed E-state index contributed by atoms with van der Waals surface area (Å²) in [5.74, 6) is 0. The molecule has 0 spiro atoms. The van der Waals surface area contributed by atoms with Crippen molar-refractivity contribution in [1.29, 1.82) is 0 Å². The summed E-state index contributed by atoms with van der Waals surface area (Å²) >= 11 is 15.0. The van der Waals surface area contributed by atoms with Gasteiger partial charge in [0, 0.05) is 14.5 Å². The molecule has 0 bridgehead atoms. The van der Waals surface area contributed by atoms with E-state index in [1.54, 1.807) is 0 Å². The molecule has 3 rings (SSSR count). The zero-order chi connectivity index (χ0) is 14.8. The van der Waals surface area contributed by atoms with Crippen molar-refractivity contribution in [3.63, 3.8) is 0 Å². The quantitative estimate of drug-likeness (QED) is 0.459. The Bertz CT molecular complexity index is 741. The summed E-state index contributed by atoms with van der Waals surface area (Å²) in [6.45, 7) is 0. The van der Waals surface area contributed by atoms with Crippen LogP contribution >= 0.6 is 54.8 Å². The third-order valence-electron chi connectivity index (χ3n) is 2.86. The molecule has 2 aromatic carbocycles. The summed E-state index contributed by atoms with van der Waals surface area (Å²) in [6, 6.07) is 15.9. The Morgan fingerprint density at radius 2 is 1.62 bits per heavy atom. The lowest BCUT2D eigenvalue weighted by molar-refractivity contribution is 0.988. The van der Waals surface area contributed by atoms with Crippen molar-refractivity contribution in [3.05, 3.63) is 68.0 Å². The van der Waals surface area contributed by atoms with Gasteiger partial charge in [-0.1, -0.05) is 73.5 Å². The molecule has 0 aliphatic heterocycles. The molecule has 0 saturated heterocycles. The summed E-state index contributed by atoms with van der Waals surface area (Å²) in [5.41, 5.74) is 2.04. The minimum Gasteiger partial charge on any atom is -0.141 e. The molecule has 0 fully saturated rings. The topological polar surface area (TPSA) is 25.8 Å². The van der Waals surface area contributed by atoms with Crippen LogP contribution in [0.25, 0.3) is 10.6 Å². The maximum absolute atomic E-state index is 6.48. The lowest BCUT2D eigenvalue weighted by Gasteiger charge is -2.04. The van der Waals surface area contributed by atoms with Crippen molar-refractivity contribution in [2.45, 2.75) is 5.38 Å². The maximum Gasteiger partial charge on any atom is 0.147 e. The molecule has 0 aliphatic carbocycles. The van der Waals surface area contributed by atoms with Crippen molar-refractivity contribution in [1.82, 2.24) is 10.2 Å².